The zero-order chi connectivity index (χ0) is 15.7. The van der Waals surface area contributed by atoms with E-state index in [9.17, 15) is 9.59 Å². The number of benzene rings is 1. The van der Waals surface area contributed by atoms with E-state index in [0.717, 1.165) is 29.7 Å². The minimum atomic E-state index is -0.487. The third-order valence-corrected chi connectivity index (χ3v) is 5.09. The van der Waals surface area contributed by atoms with Gasteiger partial charge in [0.1, 0.15) is 5.00 Å². The highest BCUT2D eigenvalue weighted by Gasteiger charge is 2.31. The Morgan fingerprint density at radius 3 is 2.55 bits per heavy atom. The van der Waals surface area contributed by atoms with Crippen LogP contribution in [0.25, 0.3) is 0 Å². The van der Waals surface area contributed by atoms with Crippen LogP contribution in [0.3, 0.4) is 0 Å². The van der Waals surface area contributed by atoms with Crippen LogP contribution in [0.5, 0.6) is 0 Å². The highest BCUT2D eigenvalue weighted by Crippen LogP contribution is 2.36. The number of carbonyl (C=O) groups excluding carboxylic acids is 2. The lowest BCUT2D eigenvalue weighted by Crippen LogP contribution is -2.18. The van der Waals surface area contributed by atoms with Crippen LogP contribution in [-0.4, -0.2) is 11.8 Å². The first-order valence-electron chi connectivity index (χ1n) is 7.33. The topological polar surface area (TPSA) is 72.2 Å². The molecule has 5 heteroatoms. The molecule has 0 aliphatic heterocycles. The van der Waals surface area contributed by atoms with Crippen LogP contribution >= 0.6 is 11.3 Å². The summed E-state index contributed by atoms with van der Waals surface area (Å²) < 4.78 is 0. The van der Waals surface area contributed by atoms with Crippen molar-refractivity contribution in [2.24, 2.45) is 11.7 Å². The minimum Gasteiger partial charge on any atom is -0.365 e. The van der Waals surface area contributed by atoms with E-state index < -0.39 is 5.91 Å². The lowest BCUT2D eigenvalue weighted by Gasteiger charge is -2.03. The van der Waals surface area contributed by atoms with E-state index in [-0.39, 0.29) is 11.8 Å². The molecule has 3 N–H and O–H groups in total. The Kier molecular flexibility index (Phi) is 3.98. The van der Waals surface area contributed by atoms with Crippen LogP contribution in [0, 0.1) is 12.8 Å². The van der Waals surface area contributed by atoms with E-state index in [4.69, 9.17) is 5.73 Å². The van der Waals surface area contributed by atoms with Gasteiger partial charge in [-0.15, -0.1) is 11.3 Å². The average Bonchev–Trinajstić information content (AvgIpc) is 3.27. The second-order valence-electron chi connectivity index (χ2n) is 5.64. The van der Waals surface area contributed by atoms with Crippen molar-refractivity contribution in [2.75, 3.05) is 5.32 Å². The molecular weight excluding hydrogens is 296 g/mol. The Balaban J connectivity index is 1.90. The van der Waals surface area contributed by atoms with Crippen LogP contribution in [-0.2, 0) is 11.2 Å². The van der Waals surface area contributed by atoms with E-state index in [0.29, 0.717) is 10.6 Å². The van der Waals surface area contributed by atoms with Gasteiger partial charge in [-0.3, -0.25) is 9.59 Å². The summed E-state index contributed by atoms with van der Waals surface area (Å²) in [6, 6.07) is 10.0. The molecule has 0 unspecified atom stereocenters. The first-order valence-corrected chi connectivity index (χ1v) is 8.14. The van der Waals surface area contributed by atoms with Crippen molar-refractivity contribution in [3.8, 4) is 0 Å². The van der Waals surface area contributed by atoms with Crippen molar-refractivity contribution in [1.29, 1.82) is 0 Å². The number of thiophene rings is 1. The molecule has 1 aliphatic rings. The molecule has 2 aromatic rings. The van der Waals surface area contributed by atoms with E-state index in [1.807, 2.05) is 37.3 Å². The van der Waals surface area contributed by atoms with Crippen molar-refractivity contribution in [3.63, 3.8) is 0 Å². The summed E-state index contributed by atoms with van der Waals surface area (Å²) in [5.74, 6) is -0.394. The molecule has 114 valence electrons. The van der Waals surface area contributed by atoms with Crippen molar-refractivity contribution < 1.29 is 9.59 Å². The smallest absolute Gasteiger partial charge is 0.251 e. The highest BCUT2D eigenvalue weighted by molar-refractivity contribution is 7.17. The number of amides is 2. The van der Waals surface area contributed by atoms with E-state index in [2.05, 4.69) is 5.32 Å². The molecule has 0 spiro atoms. The number of primary amides is 1. The van der Waals surface area contributed by atoms with E-state index in [1.54, 1.807) is 0 Å². The lowest BCUT2D eigenvalue weighted by atomic mass is 10.1. The van der Waals surface area contributed by atoms with Crippen molar-refractivity contribution >= 4 is 28.2 Å². The normalized spacial score (nSPS) is 13.9. The molecule has 1 saturated carbocycles. The standard InChI is InChI=1S/C17H18N2O2S/c1-10-13(9-11-5-3-2-4-6-11)22-17(14(10)15(18)20)19-16(21)12-7-8-12/h2-6,12H,7-9H2,1H3,(H2,18,20)(H,19,21). The molecular formula is C17H18N2O2S. The fourth-order valence-corrected chi connectivity index (χ4v) is 3.70. The summed E-state index contributed by atoms with van der Waals surface area (Å²) >= 11 is 1.45. The van der Waals surface area contributed by atoms with Crippen LogP contribution in [0.2, 0.25) is 0 Å². The molecule has 1 fully saturated rings. The average molecular weight is 314 g/mol. The summed E-state index contributed by atoms with van der Waals surface area (Å²) in [5, 5.41) is 3.47. The Morgan fingerprint density at radius 1 is 1.27 bits per heavy atom. The van der Waals surface area contributed by atoms with Crippen LogP contribution in [0.1, 0.15) is 39.2 Å². The molecule has 1 aromatic heterocycles. The Hall–Kier alpha value is -2.14. The summed E-state index contributed by atoms with van der Waals surface area (Å²) in [6.45, 7) is 1.89. The van der Waals surface area contributed by atoms with Crippen LogP contribution in [0.4, 0.5) is 5.00 Å². The Morgan fingerprint density at radius 2 is 1.95 bits per heavy atom. The second kappa shape index (κ2) is 5.93. The number of hydrogen-bond acceptors (Lipinski definition) is 3. The number of carbonyl (C=O) groups is 2. The Labute approximate surface area is 133 Å². The maximum absolute atomic E-state index is 12.0. The molecule has 1 aromatic carbocycles. The monoisotopic (exact) mass is 314 g/mol. The number of nitrogens with one attached hydrogen (secondary N) is 1. The number of anilines is 1. The van der Waals surface area contributed by atoms with E-state index in [1.165, 1.54) is 16.9 Å². The minimum absolute atomic E-state index is 0.00462. The predicted octanol–water partition coefficient (Wildman–Crippen LogP) is 3.09. The summed E-state index contributed by atoms with van der Waals surface area (Å²) in [5.41, 5.74) is 7.99. The third kappa shape index (κ3) is 3.04. The largest absolute Gasteiger partial charge is 0.365 e. The van der Waals surface area contributed by atoms with Gasteiger partial charge in [0, 0.05) is 17.2 Å². The molecule has 0 radical (unpaired) electrons. The van der Waals surface area contributed by atoms with Gasteiger partial charge < -0.3 is 11.1 Å². The van der Waals surface area contributed by atoms with Gasteiger partial charge in [-0.05, 0) is 30.9 Å². The number of nitrogens with two attached hydrogens (primary N) is 1. The van der Waals surface area contributed by atoms with Gasteiger partial charge in [-0.25, -0.2) is 0 Å². The van der Waals surface area contributed by atoms with Gasteiger partial charge >= 0.3 is 0 Å². The Bertz CT molecular complexity index is 718. The summed E-state index contributed by atoms with van der Waals surface area (Å²) in [7, 11) is 0. The summed E-state index contributed by atoms with van der Waals surface area (Å²) in [4.78, 5) is 24.8. The quantitative estimate of drug-likeness (QED) is 0.890. The highest BCUT2D eigenvalue weighted by atomic mass is 32.1. The van der Waals surface area contributed by atoms with Gasteiger partial charge in [0.25, 0.3) is 5.91 Å². The third-order valence-electron chi connectivity index (χ3n) is 3.88. The van der Waals surface area contributed by atoms with Crippen LogP contribution < -0.4 is 11.1 Å². The first-order chi connectivity index (χ1) is 10.6. The lowest BCUT2D eigenvalue weighted by molar-refractivity contribution is -0.117. The van der Waals surface area contributed by atoms with Gasteiger partial charge in [-0.2, -0.15) is 0 Å². The van der Waals surface area contributed by atoms with Gasteiger partial charge in [0.2, 0.25) is 5.91 Å². The van der Waals surface area contributed by atoms with Crippen molar-refractivity contribution in [3.05, 3.63) is 51.9 Å². The molecule has 0 saturated heterocycles. The molecule has 22 heavy (non-hydrogen) atoms. The maximum Gasteiger partial charge on any atom is 0.251 e. The molecule has 1 aliphatic carbocycles. The zero-order valence-electron chi connectivity index (χ0n) is 12.4. The molecule has 1 heterocycles. The molecule has 3 rings (SSSR count). The van der Waals surface area contributed by atoms with Crippen molar-refractivity contribution in [1.82, 2.24) is 0 Å². The van der Waals surface area contributed by atoms with Gasteiger partial charge in [-0.1, -0.05) is 30.3 Å². The predicted molar refractivity (Wildman–Crippen MR) is 88.2 cm³/mol. The van der Waals surface area contributed by atoms with E-state index >= 15 is 0 Å². The summed E-state index contributed by atoms with van der Waals surface area (Å²) in [6.07, 6.45) is 2.59. The maximum atomic E-state index is 12.0. The fourth-order valence-electron chi connectivity index (χ4n) is 2.45. The second-order valence-corrected chi connectivity index (χ2v) is 6.75. The number of rotatable bonds is 5. The number of hydrogen-bond donors (Lipinski definition) is 2. The molecule has 0 atom stereocenters. The van der Waals surface area contributed by atoms with Crippen LogP contribution in [0.15, 0.2) is 30.3 Å². The molecule has 0 bridgehead atoms. The SMILES string of the molecule is Cc1c(Cc2ccccc2)sc(NC(=O)C2CC2)c1C(N)=O. The zero-order valence-corrected chi connectivity index (χ0v) is 13.2. The fraction of sp³-hybridized carbons (Fsp3) is 0.294. The molecule has 2 amide bonds. The molecule has 4 nitrogen and oxygen atoms in total. The van der Waals surface area contributed by atoms with Gasteiger partial charge in [0.15, 0.2) is 0 Å². The van der Waals surface area contributed by atoms with Crippen molar-refractivity contribution in [2.45, 2.75) is 26.2 Å². The van der Waals surface area contributed by atoms with Gasteiger partial charge in [0.05, 0.1) is 5.56 Å². The first kappa shape index (κ1) is 14.8.